The molecule has 0 fully saturated rings. The molecule has 2 heterocycles. The first-order chi connectivity index (χ1) is 10.1. The number of pyridine rings is 1. The Morgan fingerprint density at radius 2 is 1.95 bits per heavy atom. The van der Waals surface area contributed by atoms with E-state index in [9.17, 15) is 4.79 Å². The molecule has 110 valence electrons. The molecule has 2 N–H and O–H groups in total. The highest BCUT2D eigenvalue weighted by Crippen LogP contribution is 2.05. The number of aromatic nitrogens is 3. The molecule has 1 amide bonds. The smallest absolute Gasteiger partial charge is 0.225 e. The highest BCUT2D eigenvalue weighted by Gasteiger charge is 2.03. The Bertz CT molecular complexity index is 580. The molecule has 0 unspecified atom stereocenters. The Hall–Kier alpha value is -2.50. The standard InChI is InChI=1S/C15H19N5O/c1-11-10-12(2)19-15(18-11)17-9-5-7-14(21)20-13-6-3-4-8-16-13/h3-4,6,8,10H,5,7,9H2,1-2H3,(H,16,20,21)(H,17,18,19). The molecule has 0 aliphatic carbocycles. The van der Waals surface area contributed by atoms with E-state index >= 15 is 0 Å². The fourth-order valence-electron chi connectivity index (χ4n) is 1.90. The minimum atomic E-state index is -0.0446. The summed E-state index contributed by atoms with van der Waals surface area (Å²) in [5.74, 6) is 1.14. The predicted octanol–water partition coefficient (Wildman–Crippen LogP) is 2.32. The van der Waals surface area contributed by atoms with Crippen LogP contribution in [0.4, 0.5) is 11.8 Å². The van der Waals surface area contributed by atoms with Gasteiger partial charge in [-0.15, -0.1) is 0 Å². The van der Waals surface area contributed by atoms with Gasteiger partial charge in [0.15, 0.2) is 0 Å². The number of carbonyl (C=O) groups is 1. The maximum Gasteiger partial charge on any atom is 0.225 e. The average molecular weight is 285 g/mol. The molecule has 6 nitrogen and oxygen atoms in total. The third kappa shape index (κ3) is 5.18. The summed E-state index contributed by atoms with van der Waals surface area (Å²) in [5.41, 5.74) is 1.86. The van der Waals surface area contributed by atoms with Crippen molar-refractivity contribution in [3.63, 3.8) is 0 Å². The van der Waals surface area contributed by atoms with E-state index in [1.807, 2.05) is 32.0 Å². The summed E-state index contributed by atoms with van der Waals surface area (Å²) >= 11 is 0. The van der Waals surface area contributed by atoms with Gasteiger partial charge in [0.05, 0.1) is 0 Å². The summed E-state index contributed by atoms with van der Waals surface area (Å²) in [7, 11) is 0. The summed E-state index contributed by atoms with van der Waals surface area (Å²) in [6, 6.07) is 7.33. The Morgan fingerprint density at radius 1 is 1.19 bits per heavy atom. The first-order valence-electron chi connectivity index (χ1n) is 6.90. The van der Waals surface area contributed by atoms with E-state index in [0.29, 0.717) is 31.2 Å². The molecule has 0 atom stereocenters. The molecule has 0 saturated heterocycles. The molecule has 0 bridgehead atoms. The number of carbonyl (C=O) groups excluding carboxylic acids is 1. The maximum absolute atomic E-state index is 11.7. The molecular weight excluding hydrogens is 266 g/mol. The molecule has 6 heteroatoms. The van der Waals surface area contributed by atoms with Gasteiger partial charge in [-0.3, -0.25) is 4.79 Å². The van der Waals surface area contributed by atoms with Gasteiger partial charge in [-0.25, -0.2) is 15.0 Å². The second-order valence-electron chi connectivity index (χ2n) is 4.77. The van der Waals surface area contributed by atoms with Crippen LogP contribution in [0.25, 0.3) is 0 Å². The van der Waals surface area contributed by atoms with Crippen LogP contribution in [0.3, 0.4) is 0 Å². The van der Waals surface area contributed by atoms with Gasteiger partial charge < -0.3 is 10.6 Å². The zero-order chi connectivity index (χ0) is 15.1. The Kier molecular flexibility index (Phi) is 5.20. The molecule has 21 heavy (non-hydrogen) atoms. The maximum atomic E-state index is 11.7. The SMILES string of the molecule is Cc1cc(C)nc(NCCCC(=O)Nc2ccccn2)n1. The Morgan fingerprint density at radius 3 is 2.62 bits per heavy atom. The minimum absolute atomic E-state index is 0.0446. The van der Waals surface area contributed by atoms with Gasteiger partial charge in [0, 0.05) is 30.6 Å². The quantitative estimate of drug-likeness (QED) is 0.796. The second kappa shape index (κ2) is 7.33. The van der Waals surface area contributed by atoms with Crippen LogP contribution in [-0.4, -0.2) is 27.4 Å². The molecule has 0 saturated carbocycles. The zero-order valence-electron chi connectivity index (χ0n) is 12.3. The van der Waals surface area contributed by atoms with Gasteiger partial charge in [-0.1, -0.05) is 6.07 Å². The van der Waals surface area contributed by atoms with Crippen molar-refractivity contribution < 1.29 is 4.79 Å². The van der Waals surface area contributed by atoms with Crippen molar-refractivity contribution in [2.75, 3.05) is 17.2 Å². The van der Waals surface area contributed by atoms with Gasteiger partial charge in [0.1, 0.15) is 5.82 Å². The van der Waals surface area contributed by atoms with E-state index in [0.717, 1.165) is 11.4 Å². The summed E-state index contributed by atoms with van der Waals surface area (Å²) in [5, 5.41) is 5.88. The number of anilines is 2. The van der Waals surface area contributed by atoms with Gasteiger partial charge >= 0.3 is 0 Å². The van der Waals surface area contributed by atoms with E-state index < -0.39 is 0 Å². The first-order valence-corrected chi connectivity index (χ1v) is 6.90. The normalized spacial score (nSPS) is 10.2. The van der Waals surface area contributed by atoms with E-state index in [-0.39, 0.29) is 5.91 Å². The molecule has 0 radical (unpaired) electrons. The van der Waals surface area contributed by atoms with Crippen LogP contribution >= 0.6 is 0 Å². The third-order valence-electron chi connectivity index (χ3n) is 2.78. The van der Waals surface area contributed by atoms with Crippen LogP contribution in [0.2, 0.25) is 0 Å². The number of hydrogen-bond acceptors (Lipinski definition) is 5. The van der Waals surface area contributed by atoms with Crippen LogP contribution in [0.15, 0.2) is 30.5 Å². The summed E-state index contributed by atoms with van der Waals surface area (Å²) in [6.45, 7) is 4.51. The van der Waals surface area contributed by atoms with Gasteiger partial charge in [-0.2, -0.15) is 0 Å². The van der Waals surface area contributed by atoms with Crippen molar-refractivity contribution in [1.29, 1.82) is 0 Å². The van der Waals surface area contributed by atoms with Gasteiger partial charge in [0.25, 0.3) is 0 Å². The van der Waals surface area contributed by atoms with Crippen molar-refractivity contribution in [2.45, 2.75) is 26.7 Å². The van der Waals surface area contributed by atoms with E-state index in [2.05, 4.69) is 25.6 Å². The highest BCUT2D eigenvalue weighted by atomic mass is 16.1. The Labute approximate surface area is 124 Å². The molecule has 2 rings (SSSR count). The molecule has 2 aromatic heterocycles. The average Bonchev–Trinajstić information content (AvgIpc) is 2.44. The lowest BCUT2D eigenvalue weighted by Crippen LogP contribution is -2.14. The second-order valence-corrected chi connectivity index (χ2v) is 4.77. The van der Waals surface area contributed by atoms with Crippen LogP contribution in [0, 0.1) is 13.8 Å². The fourth-order valence-corrected chi connectivity index (χ4v) is 1.90. The number of nitrogens with one attached hydrogen (secondary N) is 2. The van der Waals surface area contributed by atoms with E-state index in [1.54, 1.807) is 12.3 Å². The fraction of sp³-hybridized carbons (Fsp3) is 0.333. The lowest BCUT2D eigenvalue weighted by atomic mass is 10.3. The molecule has 0 aromatic carbocycles. The van der Waals surface area contributed by atoms with Crippen molar-refractivity contribution in [3.05, 3.63) is 41.9 Å². The van der Waals surface area contributed by atoms with Crippen molar-refractivity contribution in [1.82, 2.24) is 15.0 Å². The predicted molar refractivity (Wildman–Crippen MR) is 82.1 cm³/mol. The molecule has 2 aromatic rings. The summed E-state index contributed by atoms with van der Waals surface area (Å²) in [4.78, 5) is 24.3. The van der Waals surface area contributed by atoms with Crippen molar-refractivity contribution in [3.8, 4) is 0 Å². The molecular formula is C15H19N5O. The number of hydrogen-bond donors (Lipinski definition) is 2. The molecule has 0 aliphatic rings. The number of nitrogens with zero attached hydrogens (tertiary/aromatic N) is 3. The first kappa shape index (κ1) is 14.9. The Balaban J connectivity index is 1.71. The molecule has 0 aliphatic heterocycles. The lowest BCUT2D eigenvalue weighted by molar-refractivity contribution is -0.116. The van der Waals surface area contributed by atoms with Crippen molar-refractivity contribution in [2.24, 2.45) is 0 Å². The largest absolute Gasteiger partial charge is 0.354 e. The summed E-state index contributed by atoms with van der Waals surface area (Å²) < 4.78 is 0. The minimum Gasteiger partial charge on any atom is -0.354 e. The van der Waals surface area contributed by atoms with E-state index in [4.69, 9.17) is 0 Å². The monoisotopic (exact) mass is 285 g/mol. The summed E-state index contributed by atoms with van der Waals surface area (Å²) in [6.07, 6.45) is 2.78. The molecule has 0 spiro atoms. The van der Waals surface area contributed by atoms with Crippen molar-refractivity contribution >= 4 is 17.7 Å². The van der Waals surface area contributed by atoms with Crippen LogP contribution in [0.1, 0.15) is 24.2 Å². The van der Waals surface area contributed by atoms with Crippen LogP contribution in [-0.2, 0) is 4.79 Å². The highest BCUT2D eigenvalue weighted by molar-refractivity contribution is 5.89. The van der Waals surface area contributed by atoms with Gasteiger partial charge in [-0.05, 0) is 38.5 Å². The lowest BCUT2D eigenvalue weighted by Gasteiger charge is -2.07. The van der Waals surface area contributed by atoms with Crippen LogP contribution in [0.5, 0.6) is 0 Å². The number of rotatable bonds is 6. The van der Waals surface area contributed by atoms with Crippen LogP contribution < -0.4 is 10.6 Å². The number of amides is 1. The number of aryl methyl sites for hydroxylation is 2. The van der Waals surface area contributed by atoms with Gasteiger partial charge in [0.2, 0.25) is 11.9 Å². The third-order valence-corrected chi connectivity index (χ3v) is 2.78. The topological polar surface area (TPSA) is 79.8 Å². The zero-order valence-corrected chi connectivity index (χ0v) is 12.3. The van der Waals surface area contributed by atoms with E-state index in [1.165, 1.54) is 0 Å².